The first-order valence-electron chi connectivity index (χ1n) is 4.85. The van der Waals surface area contributed by atoms with Crippen molar-refractivity contribution in [1.29, 1.82) is 0 Å². The summed E-state index contributed by atoms with van der Waals surface area (Å²) < 4.78 is 25.0. The van der Waals surface area contributed by atoms with Gasteiger partial charge in [0.15, 0.2) is 0 Å². The van der Waals surface area contributed by atoms with E-state index in [1.165, 1.54) is 4.31 Å². The fraction of sp³-hybridized carbons (Fsp3) is 0.400. The molecule has 1 aliphatic heterocycles. The van der Waals surface area contributed by atoms with Crippen molar-refractivity contribution in [3.63, 3.8) is 0 Å². The summed E-state index contributed by atoms with van der Waals surface area (Å²) in [5.74, 6) is 0.246. The Morgan fingerprint density at radius 3 is 2.40 bits per heavy atom. The SMILES string of the molecule is O=S1(=O)CCCCN1c1ccc(Cl)cc1. The van der Waals surface area contributed by atoms with Gasteiger partial charge in [0.05, 0.1) is 11.4 Å². The molecular formula is C10H12ClNO2S. The largest absolute Gasteiger partial charge is 0.270 e. The summed E-state index contributed by atoms with van der Waals surface area (Å²) in [5.41, 5.74) is 0.708. The van der Waals surface area contributed by atoms with Crippen LogP contribution in [0.1, 0.15) is 12.8 Å². The van der Waals surface area contributed by atoms with E-state index in [1.807, 2.05) is 0 Å². The molecule has 0 atom stereocenters. The van der Waals surface area contributed by atoms with Gasteiger partial charge in [0.25, 0.3) is 0 Å². The van der Waals surface area contributed by atoms with Crippen molar-refractivity contribution in [2.24, 2.45) is 0 Å². The third-order valence-electron chi connectivity index (χ3n) is 2.46. The molecule has 1 aromatic rings. The molecular weight excluding hydrogens is 234 g/mol. The van der Waals surface area contributed by atoms with Gasteiger partial charge in [0.2, 0.25) is 10.0 Å². The number of hydrogen-bond acceptors (Lipinski definition) is 2. The number of anilines is 1. The number of halogens is 1. The molecule has 0 aliphatic carbocycles. The van der Waals surface area contributed by atoms with Crippen LogP contribution in [0.15, 0.2) is 24.3 Å². The van der Waals surface area contributed by atoms with Gasteiger partial charge in [-0.1, -0.05) is 11.6 Å². The predicted octanol–water partition coefficient (Wildman–Crippen LogP) is 2.27. The molecule has 5 heteroatoms. The van der Waals surface area contributed by atoms with Crippen LogP contribution in [0.3, 0.4) is 0 Å². The minimum atomic E-state index is -3.10. The van der Waals surface area contributed by atoms with Crippen LogP contribution in [0.5, 0.6) is 0 Å². The summed E-state index contributed by atoms with van der Waals surface area (Å²) in [6.07, 6.45) is 1.67. The van der Waals surface area contributed by atoms with Gasteiger partial charge >= 0.3 is 0 Å². The molecule has 0 unspecified atom stereocenters. The van der Waals surface area contributed by atoms with Gasteiger partial charge < -0.3 is 0 Å². The molecule has 0 bridgehead atoms. The lowest BCUT2D eigenvalue weighted by molar-refractivity contribution is 0.574. The van der Waals surface area contributed by atoms with Crippen molar-refractivity contribution in [1.82, 2.24) is 0 Å². The molecule has 1 heterocycles. The Labute approximate surface area is 94.7 Å². The van der Waals surface area contributed by atoms with E-state index in [9.17, 15) is 8.42 Å². The Balaban J connectivity index is 2.33. The minimum Gasteiger partial charge on any atom is -0.270 e. The molecule has 1 fully saturated rings. The van der Waals surface area contributed by atoms with Gasteiger partial charge in [0, 0.05) is 11.6 Å². The molecule has 0 spiro atoms. The first-order chi connectivity index (χ1) is 7.09. The zero-order valence-corrected chi connectivity index (χ0v) is 9.76. The monoisotopic (exact) mass is 245 g/mol. The molecule has 0 radical (unpaired) electrons. The Bertz CT molecular complexity index is 441. The minimum absolute atomic E-state index is 0.246. The first kappa shape index (κ1) is 10.8. The Hall–Kier alpha value is -0.740. The highest BCUT2D eigenvalue weighted by Gasteiger charge is 2.25. The molecule has 0 saturated carbocycles. The van der Waals surface area contributed by atoms with Gasteiger partial charge in [-0.15, -0.1) is 0 Å². The van der Waals surface area contributed by atoms with Gasteiger partial charge in [0.1, 0.15) is 0 Å². The first-order valence-corrected chi connectivity index (χ1v) is 6.84. The molecule has 0 aromatic heterocycles. The van der Waals surface area contributed by atoms with E-state index in [-0.39, 0.29) is 5.75 Å². The summed E-state index contributed by atoms with van der Waals surface area (Å²) in [6.45, 7) is 0.573. The van der Waals surface area contributed by atoms with Crippen LogP contribution in [-0.2, 0) is 10.0 Å². The van der Waals surface area contributed by atoms with E-state index in [0.717, 1.165) is 12.8 Å². The second-order valence-corrected chi connectivity index (χ2v) is 6.02. The standard InChI is InChI=1S/C10H12ClNO2S/c11-9-3-5-10(6-4-9)12-7-1-2-8-15(12,13)14/h3-6H,1-2,7-8H2. The van der Waals surface area contributed by atoms with E-state index >= 15 is 0 Å². The van der Waals surface area contributed by atoms with Crippen LogP contribution in [0.2, 0.25) is 5.02 Å². The smallest absolute Gasteiger partial charge is 0.235 e. The summed E-state index contributed by atoms with van der Waals surface area (Å²) in [4.78, 5) is 0. The van der Waals surface area contributed by atoms with Crippen LogP contribution in [0.4, 0.5) is 5.69 Å². The van der Waals surface area contributed by atoms with Crippen molar-refractivity contribution in [3.8, 4) is 0 Å². The molecule has 1 aromatic carbocycles. The molecule has 1 saturated heterocycles. The summed E-state index contributed by atoms with van der Waals surface area (Å²) in [6, 6.07) is 6.90. The molecule has 15 heavy (non-hydrogen) atoms. The van der Waals surface area contributed by atoms with Gasteiger partial charge in [-0.3, -0.25) is 4.31 Å². The molecule has 0 N–H and O–H groups in total. The number of benzene rings is 1. The van der Waals surface area contributed by atoms with Gasteiger partial charge in [-0.2, -0.15) is 0 Å². The fourth-order valence-corrected chi connectivity index (χ4v) is 3.45. The fourth-order valence-electron chi connectivity index (χ4n) is 1.69. The quantitative estimate of drug-likeness (QED) is 0.761. The maximum absolute atomic E-state index is 11.8. The molecule has 0 amide bonds. The molecule has 3 nitrogen and oxygen atoms in total. The number of rotatable bonds is 1. The van der Waals surface area contributed by atoms with Crippen molar-refractivity contribution >= 4 is 27.3 Å². The lowest BCUT2D eigenvalue weighted by Gasteiger charge is -2.28. The summed E-state index contributed by atoms with van der Waals surface area (Å²) in [7, 11) is -3.10. The van der Waals surface area contributed by atoms with Crippen molar-refractivity contribution in [2.75, 3.05) is 16.6 Å². The third-order valence-corrected chi connectivity index (χ3v) is 4.59. The highest BCUT2D eigenvalue weighted by Crippen LogP contribution is 2.24. The van der Waals surface area contributed by atoms with E-state index in [1.54, 1.807) is 24.3 Å². The maximum Gasteiger partial charge on any atom is 0.235 e. The summed E-state index contributed by atoms with van der Waals surface area (Å²) in [5, 5.41) is 0.619. The summed E-state index contributed by atoms with van der Waals surface area (Å²) >= 11 is 5.75. The Kier molecular flexibility index (Phi) is 2.89. The molecule has 2 rings (SSSR count). The topological polar surface area (TPSA) is 37.4 Å². The Morgan fingerprint density at radius 2 is 1.80 bits per heavy atom. The molecule has 82 valence electrons. The van der Waals surface area contributed by atoms with Crippen LogP contribution in [0.25, 0.3) is 0 Å². The van der Waals surface area contributed by atoms with Crippen LogP contribution in [0, 0.1) is 0 Å². The lowest BCUT2D eigenvalue weighted by Crippen LogP contribution is -2.37. The maximum atomic E-state index is 11.8. The van der Waals surface area contributed by atoms with Crippen LogP contribution in [-0.4, -0.2) is 20.7 Å². The van der Waals surface area contributed by atoms with Crippen molar-refractivity contribution in [3.05, 3.63) is 29.3 Å². The second kappa shape index (κ2) is 4.02. The number of nitrogens with zero attached hydrogens (tertiary/aromatic N) is 1. The highest BCUT2D eigenvalue weighted by atomic mass is 35.5. The normalized spacial score (nSPS) is 20.2. The van der Waals surface area contributed by atoms with Crippen molar-refractivity contribution < 1.29 is 8.42 Å². The zero-order chi connectivity index (χ0) is 10.9. The predicted molar refractivity (Wildman–Crippen MR) is 61.8 cm³/mol. The zero-order valence-electron chi connectivity index (χ0n) is 8.19. The third kappa shape index (κ3) is 2.26. The number of sulfonamides is 1. The molecule has 1 aliphatic rings. The van der Waals surface area contributed by atoms with Gasteiger partial charge in [-0.05, 0) is 37.1 Å². The Morgan fingerprint density at radius 1 is 1.13 bits per heavy atom. The second-order valence-electron chi connectivity index (χ2n) is 3.57. The van der Waals surface area contributed by atoms with Crippen molar-refractivity contribution in [2.45, 2.75) is 12.8 Å². The van der Waals surface area contributed by atoms with Crippen LogP contribution >= 0.6 is 11.6 Å². The average molecular weight is 246 g/mol. The van der Waals surface area contributed by atoms with E-state index in [2.05, 4.69) is 0 Å². The van der Waals surface area contributed by atoms with E-state index in [4.69, 9.17) is 11.6 Å². The highest BCUT2D eigenvalue weighted by molar-refractivity contribution is 7.92. The average Bonchev–Trinajstić information content (AvgIpc) is 2.19. The van der Waals surface area contributed by atoms with E-state index < -0.39 is 10.0 Å². The van der Waals surface area contributed by atoms with Gasteiger partial charge in [-0.25, -0.2) is 8.42 Å². The van der Waals surface area contributed by atoms with Crippen LogP contribution < -0.4 is 4.31 Å². The lowest BCUT2D eigenvalue weighted by atomic mass is 10.3. The number of hydrogen-bond donors (Lipinski definition) is 0. The van der Waals surface area contributed by atoms with E-state index in [0.29, 0.717) is 17.3 Å².